The van der Waals surface area contributed by atoms with Gasteiger partial charge >= 0.3 is 0 Å². The molecule has 0 saturated heterocycles. The van der Waals surface area contributed by atoms with E-state index in [0.29, 0.717) is 13.2 Å². The average Bonchev–Trinajstić information content (AvgIpc) is 2.33. The van der Waals surface area contributed by atoms with Gasteiger partial charge in [-0.05, 0) is 0 Å². The van der Waals surface area contributed by atoms with E-state index in [4.69, 9.17) is 19.7 Å². The molecule has 0 radical (unpaired) electrons. The van der Waals surface area contributed by atoms with Crippen LogP contribution in [0.25, 0.3) is 0 Å². The highest BCUT2D eigenvalue weighted by Crippen LogP contribution is 1.86. The lowest BCUT2D eigenvalue weighted by molar-refractivity contribution is -0.124. The SMILES string of the molecule is O=C(CCOCCOCCC(=O)NCO)NCO. The number of ether oxygens (including phenoxy) is 2. The van der Waals surface area contributed by atoms with E-state index in [-0.39, 0.29) is 51.3 Å². The number of carbonyl (C=O) groups is 2. The minimum Gasteiger partial charge on any atom is -0.379 e. The topological polar surface area (TPSA) is 117 Å². The average molecular weight is 264 g/mol. The first kappa shape index (κ1) is 16.8. The smallest absolute Gasteiger partial charge is 0.224 e. The van der Waals surface area contributed by atoms with Gasteiger partial charge in [-0.15, -0.1) is 0 Å². The Morgan fingerprint density at radius 2 is 1.17 bits per heavy atom. The quantitative estimate of drug-likeness (QED) is 0.252. The van der Waals surface area contributed by atoms with Gasteiger partial charge in [-0.25, -0.2) is 0 Å². The van der Waals surface area contributed by atoms with E-state index in [1.54, 1.807) is 0 Å². The van der Waals surface area contributed by atoms with Gasteiger partial charge in [-0.1, -0.05) is 0 Å². The zero-order chi connectivity index (χ0) is 13.6. The summed E-state index contributed by atoms with van der Waals surface area (Å²) < 4.78 is 10.2. The van der Waals surface area contributed by atoms with Crippen LogP contribution in [-0.4, -0.2) is 61.9 Å². The van der Waals surface area contributed by atoms with Crippen LogP contribution in [0, 0.1) is 0 Å². The zero-order valence-corrected chi connectivity index (χ0v) is 10.2. The molecule has 0 atom stereocenters. The monoisotopic (exact) mass is 264 g/mol. The van der Waals surface area contributed by atoms with Crippen LogP contribution >= 0.6 is 0 Å². The Balaban J connectivity index is 3.16. The molecule has 4 N–H and O–H groups in total. The second-order valence-corrected chi connectivity index (χ2v) is 3.24. The summed E-state index contributed by atoms with van der Waals surface area (Å²) in [4.78, 5) is 21.7. The second-order valence-electron chi connectivity index (χ2n) is 3.24. The molecule has 0 saturated carbocycles. The summed E-state index contributed by atoms with van der Waals surface area (Å²) in [6.07, 6.45) is 0.360. The molecule has 0 unspecified atom stereocenters. The molecule has 0 fully saturated rings. The highest BCUT2D eigenvalue weighted by atomic mass is 16.5. The summed E-state index contributed by atoms with van der Waals surface area (Å²) in [6, 6.07) is 0. The van der Waals surface area contributed by atoms with Gasteiger partial charge in [-0.3, -0.25) is 9.59 Å². The van der Waals surface area contributed by atoms with Crippen LogP contribution in [0.3, 0.4) is 0 Å². The summed E-state index contributed by atoms with van der Waals surface area (Å²) in [6.45, 7) is 0.401. The molecule has 0 aromatic carbocycles. The first-order valence-corrected chi connectivity index (χ1v) is 5.61. The zero-order valence-electron chi connectivity index (χ0n) is 10.2. The summed E-state index contributed by atoms with van der Waals surface area (Å²) in [5.74, 6) is -0.557. The Hall–Kier alpha value is -1.22. The number of amides is 2. The van der Waals surface area contributed by atoms with Crippen molar-refractivity contribution in [2.24, 2.45) is 0 Å². The molecule has 0 aliphatic rings. The van der Waals surface area contributed by atoms with Gasteiger partial charge in [0.05, 0.1) is 39.3 Å². The van der Waals surface area contributed by atoms with Crippen molar-refractivity contribution >= 4 is 11.8 Å². The van der Waals surface area contributed by atoms with Crippen LogP contribution in [0.4, 0.5) is 0 Å². The van der Waals surface area contributed by atoms with Gasteiger partial charge in [0, 0.05) is 0 Å². The van der Waals surface area contributed by atoms with Crippen LogP contribution in [0.15, 0.2) is 0 Å². The number of hydrogen-bond acceptors (Lipinski definition) is 6. The van der Waals surface area contributed by atoms with Crippen LogP contribution < -0.4 is 10.6 Å². The van der Waals surface area contributed by atoms with Gasteiger partial charge in [0.15, 0.2) is 0 Å². The molecule has 8 nitrogen and oxygen atoms in total. The molecule has 2 amide bonds. The number of aliphatic hydroxyl groups excluding tert-OH is 2. The van der Waals surface area contributed by atoms with Gasteiger partial charge in [0.25, 0.3) is 0 Å². The fraction of sp³-hybridized carbons (Fsp3) is 0.800. The van der Waals surface area contributed by atoms with Gasteiger partial charge in [0.2, 0.25) is 11.8 Å². The fourth-order valence-corrected chi connectivity index (χ4v) is 1.00. The van der Waals surface area contributed by atoms with E-state index in [1.807, 2.05) is 0 Å². The van der Waals surface area contributed by atoms with Crippen molar-refractivity contribution < 1.29 is 29.3 Å². The van der Waals surface area contributed by atoms with Crippen molar-refractivity contribution in [3.63, 3.8) is 0 Å². The summed E-state index contributed by atoms with van der Waals surface area (Å²) in [5.41, 5.74) is 0. The maximum atomic E-state index is 10.9. The Kier molecular flexibility index (Phi) is 11.4. The molecule has 0 spiro atoms. The molecule has 0 bridgehead atoms. The Morgan fingerprint density at radius 3 is 1.50 bits per heavy atom. The Labute approximate surface area is 105 Å². The molecule has 106 valence electrons. The third kappa shape index (κ3) is 11.3. The molecular weight excluding hydrogens is 244 g/mol. The van der Waals surface area contributed by atoms with Crippen LogP contribution in [0.1, 0.15) is 12.8 Å². The molecule has 0 aliphatic heterocycles. The third-order valence-electron chi connectivity index (χ3n) is 1.87. The lowest BCUT2D eigenvalue weighted by Crippen LogP contribution is -2.25. The van der Waals surface area contributed by atoms with Crippen molar-refractivity contribution in [2.75, 3.05) is 39.9 Å². The molecule has 0 aliphatic carbocycles. The Bertz CT molecular complexity index is 212. The fourth-order valence-electron chi connectivity index (χ4n) is 1.00. The summed E-state index contributed by atoms with van der Waals surface area (Å²) >= 11 is 0. The number of carbonyl (C=O) groups excluding carboxylic acids is 2. The van der Waals surface area contributed by atoms with Crippen molar-refractivity contribution in [1.82, 2.24) is 10.6 Å². The van der Waals surface area contributed by atoms with Crippen LogP contribution in [0.2, 0.25) is 0 Å². The minimum absolute atomic E-state index is 0.180. The van der Waals surface area contributed by atoms with Gasteiger partial charge in [-0.2, -0.15) is 0 Å². The predicted molar refractivity (Wildman–Crippen MR) is 61.3 cm³/mol. The standard InChI is InChI=1S/C10H20N2O6/c13-7-11-9(15)1-3-17-5-6-18-4-2-10(16)12-8-14/h13-14H,1-8H2,(H,11,15)(H,12,16). The van der Waals surface area contributed by atoms with E-state index < -0.39 is 0 Å². The number of rotatable bonds is 11. The van der Waals surface area contributed by atoms with Crippen LogP contribution in [-0.2, 0) is 19.1 Å². The van der Waals surface area contributed by atoms with E-state index in [0.717, 1.165) is 0 Å². The second kappa shape index (κ2) is 12.2. The van der Waals surface area contributed by atoms with Crippen LogP contribution in [0.5, 0.6) is 0 Å². The maximum absolute atomic E-state index is 10.9. The molecule has 0 heterocycles. The Morgan fingerprint density at radius 1 is 0.778 bits per heavy atom. The third-order valence-corrected chi connectivity index (χ3v) is 1.87. The highest BCUT2D eigenvalue weighted by molar-refractivity contribution is 5.76. The normalized spacial score (nSPS) is 10.1. The molecule has 0 aromatic rings. The predicted octanol–water partition coefficient (Wildman–Crippen LogP) is -2.07. The van der Waals surface area contributed by atoms with E-state index in [2.05, 4.69) is 10.6 Å². The molecule has 8 heteroatoms. The number of nitrogens with one attached hydrogen (secondary N) is 2. The highest BCUT2D eigenvalue weighted by Gasteiger charge is 2.00. The molecular formula is C10H20N2O6. The van der Waals surface area contributed by atoms with Crippen molar-refractivity contribution in [3.8, 4) is 0 Å². The van der Waals surface area contributed by atoms with E-state index in [9.17, 15) is 9.59 Å². The van der Waals surface area contributed by atoms with Crippen molar-refractivity contribution in [3.05, 3.63) is 0 Å². The molecule has 0 aromatic heterocycles. The first-order valence-electron chi connectivity index (χ1n) is 5.61. The van der Waals surface area contributed by atoms with Crippen molar-refractivity contribution in [1.29, 1.82) is 0 Å². The molecule has 0 rings (SSSR count). The first-order chi connectivity index (χ1) is 8.70. The minimum atomic E-state index is -0.377. The largest absolute Gasteiger partial charge is 0.379 e. The maximum Gasteiger partial charge on any atom is 0.224 e. The number of hydrogen-bond donors (Lipinski definition) is 4. The molecule has 18 heavy (non-hydrogen) atoms. The summed E-state index contributed by atoms with van der Waals surface area (Å²) in [7, 11) is 0. The van der Waals surface area contributed by atoms with E-state index >= 15 is 0 Å². The number of aliphatic hydroxyl groups is 2. The lowest BCUT2D eigenvalue weighted by Gasteiger charge is -2.06. The van der Waals surface area contributed by atoms with Gasteiger partial charge < -0.3 is 30.3 Å². The summed E-state index contributed by atoms with van der Waals surface area (Å²) in [5, 5.41) is 21.2. The van der Waals surface area contributed by atoms with Gasteiger partial charge in [0.1, 0.15) is 13.5 Å². The lowest BCUT2D eigenvalue weighted by atomic mass is 10.4. The van der Waals surface area contributed by atoms with Crippen molar-refractivity contribution in [2.45, 2.75) is 12.8 Å². The van der Waals surface area contributed by atoms with E-state index in [1.165, 1.54) is 0 Å².